The fourth-order valence-corrected chi connectivity index (χ4v) is 5.99. The third kappa shape index (κ3) is 3.67. The van der Waals surface area contributed by atoms with Crippen LogP contribution in [0.2, 0.25) is 5.02 Å². The van der Waals surface area contributed by atoms with Gasteiger partial charge in [-0.25, -0.2) is 4.98 Å². The van der Waals surface area contributed by atoms with Crippen molar-refractivity contribution in [2.75, 3.05) is 25.2 Å². The van der Waals surface area contributed by atoms with Crippen LogP contribution in [-0.2, 0) is 5.54 Å². The third-order valence-electron chi connectivity index (χ3n) is 6.48. The molecule has 0 spiro atoms. The Labute approximate surface area is 191 Å². The van der Waals surface area contributed by atoms with Gasteiger partial charge in [-0.15, -0.1) is 11.3 Å². The topological polar surface area (TPSA) is 46.6 Å². The summed E-state index contributed by atoms with van der Waals surface area (Å²) in [6, 6.07) is 14.7. The molecular weight excluding hydrogens is 430 g/mol. The van der Waals surface area contributed by atoms with Crippen molar-refractivity contribution < 1.29 is 9.47 Å². The highest BCUT2D eigenvalue weighted by atomic mass is 35.5. The second-order valence-corrected chi connectivity index (χ2v) is 10.0. The van der Waals surface area contributed by atoms with Gasteiger partial charge in [-0.1, -0.05) is 29.8 Å². The van der Waals surface area contributed by atoms with Crippen LogP contribution in [0.15, 0.2) is 48.7 Å². The standard InChI is InChI=1S/C24H24ClN3O2S/c25-18-5-3-4-16(12-18)22(28-10-1-2-11-28)21-14-26-23(31-21)27-24(8-9-24)17-6-7-19-20(13-17)30-15-29-19/h3-7,12-14,22H,1-2,8-11,15H2,(H,26,27). The van der Waals surface area contributed by atoms with Crippen molar-refractivity contribution in [2.24, 2.45) is 0 Å². The van der Waals surface area contributed by atoms with Crippen LogP contribution >= 0.6 is 22.9 Å². The number of benzene rings is 2. The molecule has 1 N–H and O–H groups in total. The molecule has 1 atom stereocenters. The molecular formula is C24H24ClN3O2S. The van der Waals surface area contributed by atoms with Crippen LogP contribution in [0.4, 0.5) is 5.13 Å². The van der Waals surface area contributed by atoms with E-state index in [-0.39, 0.29) is 11.6 Å². The van der Waals surface area contributed by atoms with Gasteiger partial charge in [-0.3, -0.25) is 4.90 Å². The minimum atomic E-state index is -0.0602. The van der Waals surface area contributed by atoms with Crippen LogP contribution in [0.3, 0.4) is 0 Å². The van der Waals surface area contributed by atoms with Gasteiger partial charge in [0.2, 0.25) is 6.79 Å². The maximum absolute atomic E-state index is 6.33. The van der Waals surface area contributed by atoms with E-state index in [1.165, 1.54) is 28.8 Å². The lowest BCUT2D eigenvalue weighted by Crippen LogP contribution is -2.25. The van der Waals surface area contributed by atoms with Gasteiger partial charge in [-0.05, 0) is 74.2 Å². The van der Waals surface area contributed by atoms with E-state index in [1.54, 1.807) is 11.3 Å². The molecule has 1 aliphatic carbocycles. The largest absolute Gasteiger partial charge is 0.454 e. The molecule has 3 aliphatic rings. The zero-order valence-electron chi connectivity index (χ0n) is 17.1. The van der Waals surface area contributed by atoms with Crippen molar-refractivity contribution in [1.82, 2.24) is 9.88 Å². The monoisotopic (exact) mass is 453 g/mol. The molecule has 5 nitrogen and oxygen atoms in total. The van der Waals surface area contributed by atoms with Gasteiger partial charge in [0.25, 0.3) is 0 Å². The zero-order chi connectivity index (χ0) is 20.8. The molecule has 2 fully saturated rings. The summed E-state index contributed by atoms with van der Waals surface area (Å²) in [5, 5.41) is 5.48. The van der Waals surface area contributed by atoms with Crippen molar-refractivity contribution in [3.8, 4) is 11.5 Å². The Bertz CT molecular complexity index is 1110. The van der Waals surface area contributed by atoms with Gasteiger partial charge in [-0.2, -0.15) is 0 Å². The van der Waals surface area contributed by atoms with E-state index in [1.807, 2.05) is 24.4 Å². The van der Waals surface area contributed by atoms with Gasteiger partial charge in [0.15, 0.2) is 16.6 Å². The normalized spacial score (nSPS) is 20.0. The summed E-state index contributed by atoms with van der Waals surface area (Å²) in [4.78, 5) is 8.58. The predicted molar refractivity (Wildman–Crippen MR) is 123 cm³/mol. The number of fused-ring (bicyclic) bond motifs is 1. The third-order valence-corrected chi connectivity index (χ3v) is 7.68. The van der Waals surface area contributed by atoms with Crippen LogP contribution in [0.5, 0.6) is 11.5 Å². The Kier molecular flexibility index (Phi) is 4.82. The first-order valence-corrected chi connectivity index (χ1v) is 12.0. The molecule has 6 rings (SSSR count). The average molecular weight is 454 g/mol. The molecule has 3 aromatic rings. The molecule has 0 amide bonds. The number of aromatic nitrogens is 1. The van der Waals surface area contributed by atoms with Gasteiger partial charge in [0, 0.05) is 16.1 Å². The summed E-state index contributed by atoms with van der Waals surface area (Å²) >= 11 is 8.08. The number of rotatable bonds is 6. The quantitative estimate of drug-likeness (QED) is 0.510. The SMILES string of the molecule is Clc1cccc(C(c2cnc(NC3(c4ccc5c(c4)OCO5)CC3)s2)N2CCCC2)c1. The lowest BCUT2D eigenvalue weighted by molar-refractivity contribution is 0.174. The lowest BCUT2D eigenvalue weighted by atomic mass is 10.0. The first-order valence-electron chi connectivity index (χ1n) is 10.8. The van der Waals surface area contributed by atoms with Crippen molar-refractivity contribution in [2.45, 2.75) is 37.3 Å². The Hall–Kier alpha value is -2.28. The van der Waals surface area contributed by atoms with Crippen molar-refractivity contribution in [1.29, 1.82) is 0 Å². The number of ether oxygens (including phenoxy) is 2. The van der Waals surface area contributed by atoms with Crippen molar-refractivity contribution in [3.63, 3.8) is 0 Å². The summed E-state index contributed by atoms with van der Waals surface area (Å²) in [6.45, 7) is 2.52. The molecule has 2 aliphatic heterocycles. The van der Waals surface area contributed by atoms with Crippen molar-refractivity contribution in [3.05, 3.63) is 69.7 Å². The Morgan fingerprint density at radius 2 is 1.90 bits per heavy atom. The summed E-state index contributed by atoms with van der Waals surface area (Å²) in [6.07, 6.45) is 6.70. The molecule has 0 bridgehead atoms. The minimum Gasteiger partial charge on any atom is -0.454 e. The van der Waals surface area contributed by atoms with E-state index in [0.717, 1.165) is 47.6 Å². The number of hydrogen-bond donors (Lipinski definition) is 1. The molecule has 7 heteroatoms. The predicted octanol–water partition coefficient (Wildman–Crippen LogP) is 5.81. The Morgan fingerprint density at radius 3 is 2.71 bits per heavy atom. The summed E-state index contributed by atoms with van der Waals surface area (Å²) in [5.74, 6) is 1.66. The van der Waals surface area contributed by atoms with Crippen LogP contribution < -0.4 is 14.8 Å². The maximum Gasteiger partial charge on any atom is 0.231 e. The molecule has 31 heavy (non-hydrogen) atoms. The van der Waals surface area contributed by atoms with E-state index in [9.17, 15) is 0 Å². The van der Waals surface area contributed by atoms with E-state index in [0.29, 0.717) is 6.79 Å². The fourth-order valence-electron chi connectivity index (χ4n) is 4.71. The van der Waals surface area contributed by atoms with Crippen LogP contribution in [-0.4, -0.2) is 29.8 Å². The minimum absolute atomic E-state index is 0.0602. The number of thiazole rings is 1. The van der Waals surface area contributed by atoms with Gasteiger partial charge in [0.1, 0.15) is 0 Å². The van der Waals surface area contributed by atoms with E-state index in [4.69, 9.17) is 26.1 Å². The van der Waals surface area contributed by atoms with Crippen molar-refractivity contribution >= 4 is 28.1 Å². The number of nitrogens with zero attached hydrogens (tertiary/aromatic N) is 2. The molecule has 0 radical (unpaired) electrons. The Morgan fingerprint density at radius 1 is 1.06 bits per heavy atom. The smallest absolute Gasteiger partial charge is 0.231 e. The molecule has 2 aromatic carbocycles. The number of anilines is 1. The lowest BCUT2D eigenvalue weighted by Gasteiger charge is -2.27. The number of hydrogen-bond acceptors (Lipinski definition) is 6. The first kappa shape index (κ1) is 19.4. The van der Waals surface area contributed by atoms with Crippen LogP contribution in [0, 0.1) is 0 Å². The second kappa shape index (κ2) is 7.69. The first-order chi connectivity index (χ1) is 15.2. The molecule has 1 saturated carbocycles. The highest BCUT2D eigenvalue weighted by molar-refractivity contribution is 7.15. The molecule has 160 valence electrons. The van der Waals surface area contributed by atoms with Gasteiger partial charge < -0.3 is 14.8 Å². The Balaban J connectivity index is 1.28. The molecule has 1 unspecified atom stereocenters. The average Bonchev–Trinajstić information content (AvgIpc) is 3.18. The number of halogens is 1. The van der Waals surface area contributed by atoms with Crippen LogP contribution in [0.1, 0.15) is 47.7 Å². The highest BCUT2D eigenvalue weighted by Gasteiger charge is 2.45. The second-order valence-electron chi connectivity index (χ2n) is 8.54. The molecule has 1 saturated heterocycles. The number of nitrogens with one attached hydrogen (secondary N) is 1. The van der Waals surface area contributed by atoms with E-state index >= 15 is 0 Å². The summed E-state index contributed by atoms with van der Waals surface area (Å²) in [5.41, 5.74) is 2.41. The van der Waals surface area contributed by atoms with Gasteiger partial charge >= 0.3 is 0 Å². The maximum atomic E-state index is 6.33. The number of likely N-dealkylation sites (tertiary alicyclic amines) is 1. The van der Waals surface area contributed by atoms with Gasteiger partial charge in [0.05, 0.1) is 11.6 Å². The highest BCUT2D eigenvalue weighted by Crippen LogP contribution is 2.51. The van der Waals surface area contributed by atoms with Crippen LogP contribution in [0.25, 0.3) is 0 Å². The van der Waals surface area contributed by atoms with E-state index in [2.05, 4.69) is 34.5 Å². The van der Waals surface area contributed by atoms with E-state index < -0.39 is 0 Å². The molecule has 3 heterocycles. The summed E-state index contributed by atoms with van der Waals surface area (Å²) < 4.78 is 11.1. The summed E-state index contributed by atoms with van der Waals surface area (Å²) in [7, 11) is 0. The fraction of sp³-hybridized carbons (Fsp3) is 0.375. The zero-order valence-corrected chi connectivity index (χ0v) is 18.7. The molecule has 1 aromatic heterocycles.